The number of ether oxygens (including phenoxy) is 2. The van der Waals surface area contributed by atoms with Gasteiger partial charge in [0.2, 0.25) is 0 Å². The summed E-state index contributed by atoms with van der Waals surface area (Å²) in [6.07, 6.45) is 5.11. The van der Waals surface area contributed by atoms with Gasteiger partial charge in [-0.05, 0) is 17.7 Å². The van der Waals surface area contributed by atoms with Crippen LogP contribution >= 0.6 is 0 Å². The summed E-state index contributed by atoms with van der Waals surface area (Å²) in [5.74, 6) is 3.20. The third kappa shape index (κ3) is 6.26. The highest BCUT2D eigenvalue weighted by molar-refractivity contribution is 5.27. The zero-order chi connectivity index (χ0) is 13.1. The van der Waals surface area contributed by atoms with Gasteiger partial charge in [0.05, 0.1) is 19.8 Å². The van der Waals surface area contributed by atoms with E-state index in [1.54, 1.807) is 0 Å². The number of aliphatic hydroxyl groups excluding tert-OH is 1. The van der Waals surface area contributed by atoms with Gasteiger partial charge in [0, 0.05) is 13.1 Å². The summed E-state index contributed by atoms with van der Waals surface area (Å²) in [5.41, 5.74) is 1.17. The fraction of sp³-hybridized carbons (Fsp3) is 0.429. The van der Waals surface area contributed by atoms with Crippen molar-refractivity contribution in [2.24, 2.45) is 0 Å². The van der Waals surface area contributed by atoms with Crippen molar-refractivity contribution in [1.82, 2.24) is 5.32 Å². The second-order valence-corrected chi connectivity index (χ2v) is 3.65. The third-order valence-electron chi connectivity index (χ3n) is 2.23. The van der Waals surface area contributed by atoms with Crippen LogP contribution in [0.3, 0.4) is 0 Å². The number of hydrogen-bond acceptors (Lipinski definition) is 4. The zero-order valence-electron chi connectivity index (χ0n) is 10.4. The van der Waals surface area contributed by atoms with Gasteiger partial charge in [0.15, 0.2) is 0 Å². The molecular formula is C14H19NO3. The molecule has 1 aromatic carbocycles. The van der Waals surface area contributed by atoms with Crippen molar-refractivity contribution in [3.05, 3.63) is 29.8 Å². The van der Waals surface area contributed by atoms with Crippen molar-refractivity contribution >= 4 is 0 Å². The lowest BCUT2D eigenvalue weighted by Gasteiger charge is -2.07. The lowest BCUT2D eigenvalue weighted by Crippen LogP contribution is -2.19. The molecule has 0 aliphatic heterocycles. The van der Waals surface area contributed by atoms with Crippen LogP contribution < -0.4 is 10.1 Å². The molecule has 0 amide bonds. The quantitative estimate of drug-likeness (QED) is 0.502. The first kappa shape index (κ1) is 14.5. The normalized spacial score (nSPS) is 10.0. The Morgan fingerprint density at radius 1 is 1.22 bits per heavy atom. The smallest absolute Gasteiger partial charge is 0.148 e. The molecule has 0 unspecified atom stereocenters. The molecule has 0 radical (unpaired) electrons. The predicted molar refractivity (Wildman–Crippen MR) is 70.4 cm³/mol. The van der Waals surface area contributed by atoms with E-state index in [4.69, 9.17) is 21.0 Å². The summed E-state index contributed by atoms with van der Waals surface area (Å²) in [5, 5.41) is 11.8. The molecule has 1 aromatic rings. The van der Waals surface area contributed by atoms with Crippen LogP contribution in [-0.2, 0) is 11.3 Å². The maximum Gasteiger partial charge on any atom is 0.148 e. The van der Waals surface area contributed by atoms with E-state index in [0.29, 0.717) is 19.8 Å². The molecule has 0 spiro atoms. The van der Waals surface area contributed by atoms with Gasteiger partial charge in [-0.3, -0.25) is 0 Å². The van der Waals surface area contributed by atoms with E-state index >= 15 is 0 Å². The SMILES string of the molecule is C#CCOc1ccc(CNCCOCCO)cc1. The van der Waals surface area contributed by atoms with Crippen molar-refractivity contribution in [2.45, 2.75) is 6.54 Å². The lowest BCUT2D eigenvalue weighted by atomic mass is 10.2. The summed E-state index contributed by atoms with van der Waals surface area (Å²) in [6.45, 7) is 2.89. The molecule has 0 heterocycles. The minimum absolute atomic E-state index is 0.0686. The van der Waals surface area contributed by atoms with Gasteiger partial charge in [0.1, 0.15) is 12.4 Å². The lowest BCUT2D eigenvalue weighted by molar-refractivity contribution is 0.0938. The predicted octanol–water partition coefficient (Wildman–Crippen LogP) is 0.797. The Labute approximate surface area is 108 Å². The van der Waals surface area contributed by atoms with E-state index in [9.17, 15) is 0 Å². The molecule has 1 rings (SSSR count). The first-order valence-electron chi connectivity index (χ1n) is 5.91. The van der Waals surface area contributed by atoms with E-state index in [1.165, 1.54) is 5.56 Å². The van der Waals surface area contributed by atoms with E-state index in [-0.39, 0.29) is 6.61 Å². The Hall–Kier alpha value is -1.54. The van der Waals surface area contributed by atoms with Crippen molar-refractivity contribution in [1.29, 1.82) is 0 Å². The third-order valence-corrected chi connectivity index (χ3v) is 2.23. The first-order chi connectivity index (χ1) is 8.86. The van der Waals surface area contributed by atoms with Crippen LogP contribution in [-0.4, -0.2) is 38.1 Å². The molecule has 0 aliphatic rings. The molecule has 2 N–H and O–H groups in total. The fourth-order valence-corrected chi connectivity index (χ4v) is 1.37. The van der Waals surface area contributed by atoms with E-state index in [0.717, 1.165) is 18.8 Å². The highest BCUT2D eigenvalue weighted by atomic mass is 16.5. The molecule has 0 aliphatic carbocycles. The standard InChI is InChI=1S/C14H19NO3/c1-2-9-18-14-5-3-13(4-6-14)12-15-7-10-17-11-8-16/h1,3-6,15-16H,7-12H2. The number of rotatable bonds is 9. The molecule has 4 nitrogen and oxygen atoms in total. The molecule has 0 fully saturated rings. The van der Waals surface area contributed by atoms with Crippen molar-refractivity contribution in [2.75, 3.05) is 33.0 Å². The average Bonchev–Trinajstić information content (AvgIpc) is 2.42. The first-order valence-corrected chi connectivity index (χ1v) is 5.91. The van der Waals surface area contributed by atoms with Gasteiger partial charge < -0.3 is 19.9 Å². The zero-order valence-corrected chi connectivity index (χ0v) is 10.4. The van der Waals surface area contributed by atoms with Gasteiger partial charge >= 0.3 is 0 Å². The van der Waals surface area contributed by atoms with Crippen molar-refractivity contribution in [3.8, 4) is 18.1 Å². The Morgan fingerprint density at radius 2 is 2.00 bits per heavy atom. The topological polar surface area (TPSA) is 50.7 Å². The minimum Gasteiger partial charge on any atom is -0.481 e. The largest absolute Gasteiger partial charge is 0.481 e. The van der Waals surface area contributed by atoms with E-state index in [1.807, 2.05) is 24.3 Å². The number of benzene rings is 1. The summed E-state index contributed by atoms with van der Waals surface area (Å²) < 4.78 is 10.4. The van der Waals surface area contributed by atoms with Crippen LogP contribution in [0.5, 0.6) is 5.75 Å². The van der Waals surface area contributed by atoms with Crippen molar-refractivity contribution < 1.29 is 14.6 Å². The second kappa shape index (κ2) is 9.49. The van der Waals surface area contributed by atoms with E-state index < -0.39 is 0 Å². The van der Waals surface area contributed by atoms with Gasteiger partial charge in [-0.25, -0.2) is 0 Å². The molecular weight excluding hydrogens is 230 g/mol. The molecule has 0 saturated carbocycles. The summed E-state index contributed by atoms with van der Waals surface area (Å²) in [7, 11) is 0. The van der Waals surface area contributed by atoms with Gasteiger partial charge in [-0.1, -0.05) is 18.1 Å². The highest BCUT2D eigenvalue weighted by Gasteiger charge is 1.95. The highest BCUT2D eigenvalue weighted by Crippen LogP contribution is 2.11. The maximum atomic E-state index is 8.52. The Bertz CT molecular complexity index is 356. The van der Waals surface area contributed by atoms with Crippen LogP contribution in [0, 0.1) is 12.3 Å². The molecule has 98 valence electrons. The Morgan fingerprint density at radius 3 is 2.67 bits per heavy atom. The Kier molecular flexibility index (Phi) is 7.65. The van der Waals surface area contributed by atoms with Crippen LogP contribution in [0.1, 0.15) is 5.56 Å². The molecule has 0 atom stereocenters. The van der Waals surface area contributed by atoms with Gasteiger partial charge in [-0.15, -0.1) is 6.42 Å². The maximum absolute atomic E-state index is 8.52. The average molecular weight is 249 g/mol. The molecule has 4 heteroatoms. The number of nitrogens with one attached hydrogen (secondary N) is 1. The van der Waals surface area contributed by atoms with Gasteiger partial charge in [0.25, 0.3) is 0 Å². The molecule has 0 saturated heterocycles. The molecule has 0 bridgehead atoms. The number of terminal acetylenes is 1. The number of aliphatic hydroxyl groups is 1. The van der Waals surface area contributed by atoms with Crippen LogP contribution in [0.25, 0.3) is 0 Å². The van der Waals surface area contributed by atoms with Crippen molar-refractivity contribution in [3.63, 3.8) is 0 Å². The molecule has 0 aromatic heterocycles. The molecule has 18 heavy (non-hydrogen) atoms. The summed E-state index contributed by atoms with van der Waals surface area (Å²) in [6, 6.07) is 7.79. The summed E-state index contributed by atoms with van der Waals surface area (Å²) in [4.78, 5) is 0. The second-order valence-electron chi connectivity index (χ2n) is 3.65. The number of hydrogen-bond donors (Lipinski definition) is 2. The van der Waals surface area contributed by atoms with Crippen LogP contribution in [0.2, 0.25) is 0 Å². The summed E-state index contributed by atoms with van der Waals surface area (Å²) >= 11 is 0. The van der Waals surface area contributed by atoms with E-state index in [2.05, 4.69) is 11.2 Å². The Balaban J connectivity index is 2.17. The monoisotopic (exact) mass is 249 g/mol. The van der Waals surface area contributed by atoms with Gasteiger partial charge in [-0.2, -0.15) is 0 Å². The van der Waals surface area contributed by atoms with Crippen LogP contribution in [0.4, 0.5) is 0 Å². The minimum atomic E-state index is 0.0686. The fourth-order valence-electron chi connectivity index (χ4n) is 1.37. The van der Waals surface area contributed by atoms with Crippen LogP contribution in [0.15, 0.2) is 24.3 Å².